The zero-order chi connectivity index (χ0) is 34.7. The molecule has 52 heavy (non-hydrogen) atoms. The maximum atomic E-state index is 5.80. The Hall–Kier alpha value is -6.78. The molecule has 0 saturated carbocycles. The molecule has 6 aromatic carbocycles. The summed E-state index contributed by atoms with van der Waals surface area (Å²) in [5, 5.41) is 0.982. The van der Waals surface area contributed by atoms with Gasteiger partial charge in [-0.05, 0) is 23.6 Å². The van der Waals surface area contributed by atoms with Crippen LogP contribution in [0.3, 0.4) is 0 Å². The average Bonchev–Trinajstić information content (AvgIpc) is 3.24. The Kier molecular flexibility index (Phi) is 8.11. The molecule has 2 aromatic heterocycles. The fourth-order valence-corrected chi connectivity index (χ4v) is 7.31. The molecule has 0 bridgehead atoms. The third kappa shape index (κ3) is 5.70. The molecule has 0 amide bonds. The highest BCUT2D eigenvalue weighted by molar-refractivity contribution is 5.88. The largest absolute Gasteiger partial charge is 0.247 e. The SMILES string of the molecule is C1=CC(c2nc(-c3ccccc3)c(-c3ccccc3)nc2-c2ccccc2)(c2nc(-c3ccccc3)nc3ccccc23)CC(c2ccccc2)=C1. The molecule has 4 nitrogen and oxygen atoms in total. The lowest BCUT2D eigenvalue weighted by Gasteiger charge is -2.36. The Balaban J connectivity index is 1.42. The second-order valence-corrected chi connectivity index (χ2v) is 13.1. The second kappa shape index (κ2) is 13.5. The molecule has 0 N–H and O–H groups in total. The molecule has 0 spiro atoms. The van der Waals surface area contributed by atoms with Gasteiger partial charge in [-0.3, -0.25) is 0 Å². The molecule has 4 heteroatoms. The zero-order valence-electron chi connectivity index (χ0n) is 28.5. The van der Waals surface area contributed by atoms with Gasteiger partial charge in [0.05, 0.1) is 39.4 Å². The van der Waals surface area contributed by atoms with Gasteiger partial charge in [-0.15, -0.1) is 0 Å². The maximum Gasteiger partial charge on any atom is 0.160 e. The molecule has 8 aromatic rings. The lowest BCUT2D eigenvalue weighted by Crippen LogP contribution is -2.32. The van der Waals surface area contributed by atoms with E-state index in [-0.39, 0.29) is 0 Å². The lowest BCUT2D eigenvalue weighted by molar-refractivity contribution is 0.618. The molecule has 1 unspecified atom stereocenters. The standard InChI is InChI=1S/C48H34N4/c1-6-19-34(20-7-1)39-29-18-32-48(33-39,45-40-30-16-17-31-41(40)49-47(52-45)38-27-14-5-15-28-38)46-44(37-25-12-4-13-26-37)50-42(35-21-8-2-9-22-35)43(51-46)36-23-10-3-11-24-36/h1-32H,33H2. The third-order valence-electron chi connectivity index (χ3n) is 9.81. The van der Waals surface area contributed by atoms with Crippen LogP contribution in [-0.4, -0.2) is 19.9 Å². The highest BCUT2D eigenvalue weighted by Gasteiger charge is 2.42. The van der Waals surface area contributed by atoms with Crippen molar-refractivity contribution in [2.45, 2.75) is 11.8 Å². The second-order valence-electron chi connectivity index (χ2n) is 13.1. The molecule has 246 valence electrons. The number of allylic oxidation sites excluding steroid dienone is 4. The van der Waals surface area contributed by atoms with Crippen molar-refractivity contribution in [2.75, 3.05) is 0 Å². The molecule has 9 rings (SSSR count). The first kappa shape index (κ1) is 31.2. The van der Waals surface area contributed by atoms with E-state index in [4.69, 9.17) is 19.9 Å². The normalized spacial score (nSPS) is 15.3. The quantitative estimate of drug-likeness (QED) is 0.170. The topological polar surface area (TPSA) is 51.6 Å². The minimum absolute atomic E-state index is 0.621. The predicted molar refractivity (Wildman–Crippen MR) is 212 cm³/mol. The van der Waals surface area contributed by atoms with Gasteiger partial charge in [0, 0.05) is 27.6 Å². The Morgan fingerprint density at radius 2 is 0.865 bits per heavy atom. The zero-order valence-corrected chi connectivity index (χ0v) is 28.5. The Morgan fingerprint density at radius 1 is 0.385 bits per heavy atom. The molecule has 1 aliphatic rings. The van der Waals surface area contributed by atoms with Gasteiger partial charge in [0.15, 0.2) is 5.82 Å². The Morgan fingerprint density at radius 3 is 1.46 bits per heavy atom. The Labute approximate surface area is 303 Å². The van der Waals surface area contributed by atoms with Crippen molar-refractivity contribution in [3.05, 3.63) is 211 Å². The fourth-order valence-electron chi connectivity index (χ4n) is 7.31. The van der Waals surface area contributed by atoms with E-state index >= 15 is 0 Å². The summed E-state index contributed by atoms with van der Waals surface area (Å²) in [6, 6.07) is 60.4. The lowest BCUT2D eigenvalue weighted by atomic mass is 9.69. The first-order valence-electron chi connectivity index (χ1n) is 17.6. The summed E-state index contributed by atoms with van der Waals surface area (Å²) in [7, 11) is 0. The fraction of sp³-hybridized carbons (Fsp3) is 0.0417. The van der Waals surface area contributed by atoms with Crippen molar-refractivity contribution < 1.29 is 0 Å². The summed E-state index contributed by atoms with van der Waals surface area (Å²) >= 11 is 0. The van der Waals surface area contributed by atoms with Crippen molar-refractivity contribution in [1.29, 1.82) is 0 Å². The van der Waals surface area contributed by atoms with Crippen LogP contribution in [0, 0.1) is 0 Å². The number of nitrogens with zero attached hydrogens (tertiary/aromatic N) is 4. The molecule has 0 saturated heterocycles. The summed E-state index contributed by atoms with van der Waals surface area (Å²) in [4.78, 5) is 22.1. The van der Waals surface area contributed by atoms with Crippen LogP contribution in [0.5, 0.6) is 0 Å². The van der Waals surface area contributed by atoms with Gasteiger partial charge in [0.2, 0.25) is 0 Å². The van der Waals surface area contributed by atoms with E-state index in [1.54, 1.807) is 0 Å². The number of benzene rings is 6. The minimum atomic E-state index is -0.830. The number of hydrogen-bond donors (Lipinski definition) is 0. The average molecular weight is 667 g/mol. The molecule has 1 aliphatic carbocycles. The maximum absolute atomic E-state index is 5.80. The van der Waals surface area contributed by atoms with Crippen LogP contribution in [0.4, 0.5) is 0 Å². The van der Waals surface area contributed by atoms with Gasteiger partial charge in [0.25, 0.3) is 0 Å². The number of hydrogen-bond acceptors (Lipinski definition) is 4. The summed E-state index contributed by atoms with van der Waals surface area (Å²) in [5.41, 5.74) is 10.6. The highest BCUT2D eigenvalue weighted by Crippen LogP contribution is 2.49. The first-order chi connectivity index (χ1) is 25.8. The van der Waals surface area contributed by atoms with Gasteiger partial charge in [-0.1, -0.05) is 188 Å². The van der Waals surface area contributed by atoms with E-state index in [0.29, 0.717) is 12.2 Å². The first-order valence-corrected chi connectivity index (χ1v) is 17.6. The van der Waals surface area contributed by atoms with Crippen LogP contribution in [0.1, 0.15) is 23.4 Å². The van der Waals surface area contributed by atoms with Crippen LogP contribution in [0.15, 0.2) is 194 Å². The van der Waals surface area contributed by atoms with Crippen LogP contribution in [0.25, 0.3) is 61.6 Å². The van der Waals surface area contributed by atoms with E-state index in [0.717, 1.165) is 67.2 Å². The summed E-state index contributed by atoms with van der Waals surface area (Å²) < 4.78 is 0. The molecule has 0 radical (unpaired) electrons. The van der Waals surface area contributed by atoms with E-state index in [1.165, 1.54) is 5.57 Å². The van der Waals surface area contributed by atoms with E-state index in [2.05, 4.69) is 152 Å². The smallest absolute Gasteiger partial charge is 0.160 e. The van der Waals surface area contributed by atoms with E-state index in [9.17, 15) is 0 Å². The van der Waals surface area contributed by atoms with Gasteiger partial charge in [-0.2, -0.15) is 0 Å². The molecule has 0 fully saturated rings. The summed E-state index contributed by atoms with van der Waals surface area (Å²) in [5.74, 6) is 0.677. The summed E-state index contributed by atoms with van der Waals surface area (Å²) in [6.07, 6.45) is 7.31. The van der Waals surface area contributed by atoms with Crippen LogP contribution >= 0.6 is 0 Å². The van der Waals surface area contributed by atoms with E-state index < -0.39 is 5.41 Å². The van der Waals surface area contributed by atoms with E-state index in [1.807, 2.05) is 42.5 Å². The number of fused-ring (bicyclic) bond motifs is 1. The minimum Gasteiger partial charge on any atom is -0.247 e. The predicted octanol–water partition coefficient (Wildman–Crippen LogP) is 11.4. The van der Waals surface area contributed by atoms with Crippen molar-refractivity contribution in [3.8, 4) is 45.2 Å². The Bertz CT molecular complexity index is 2570. The van der Waals surface area contributed by atoms with Crippen molar-refractivity contribution in [1.82, 2.24) is 19.9 Å². The van der Waals surface area contributed by atoms with Gasteiger partial charge < -0.3 is 0 Å². The monoisotopic (exact) mass is 666 g/mol. The number of para-hydroxylation sites is 1. The molecule has 1 atom stereocenters. The van der Waals surface area contributed by atoms with Gasteiger partial charge in [0.1, 0.15) is 0 Å². The molecular weight excluding hydrogens is 633 g/mol. The van der Waals surface area contributed by atoms with Crippen molar-refractivity contribution in [2.24, 2.45) is 0 Å². The van der Waals surface area contributed by atoms with Crippen LogP contribution in [0.2, 0.25) is 0 Å². The molecular formula is C48H34N4. The van der Waals surface area contributed by atoms with Gasteiger partial charge in [-0.25, -0.2) is 19.9 Å². The van der Waals surface area contributed by atoms with Gasteiger partial charge >= 0.3 is 0 Å². The highest BCUT2D eigenvalue weighted by atomic mass is 14.9. The molecule has 0 aliphatic heterocycles. The van der Waals surface area contributed by atoms with Crippen molar-refractivity contribution >= 4 is 16.5 Å². The summed E-state index contributed by atoms with van der Waals surface area (Å²) in [6.45, 7) is 0. The van der Waals surface area contributed by atoms with Crippen molar-refractivity contribution in [3.63, 3.8) is 0 Å². The molecule has 2 heterocycles. The van der Waals surface area contributed by atoms with Crippen LogP contribution < -0.4 is 0 Å². The van der Waals surface area contributed by atoms with Crippen LogP contribution in [-0.2, 0) is 5.41 Å². The number of rotatable bonds is 7. The number of aromatic nitrogens is 4. The third-order valence-corrected chi connectivity index (χ3v) is 9.81.